The Morgan fingerprint density at radius 3 is 2.72 bits per heavy atom. The Hall–Kier alpha value is -1.46. The van der Waals surface area contributed by atoms with E-state index in [1.807, 2.05) is 18.9 Å². The van der Waals surface area contributed by atoms with Crippen LogP contribution in [0.1, 0.15) is 39.0 Å². The molecule has 2 rings (SSSR count). The monoisotopic (exact) mass is 255 g/mol. The molecule has 6 nitrogen and oxygen atoms in total. The predicted molar refractivity (Wildman–Crippen MR) is 66.9 cm³/mol. The van der Waals surface area contributed by atoms with Crippen LogP contribution in [-0.2, 0) is 9.47 Å². The van der Waals surface area contributed by atoms with Crippen molar-refractivity contribution < 1.29 is 14.3 Å². The van der Waals surface area contributed by atoms with Crippen LogP contribution in [0.3, 0.4) is 0 Å². The number of rotatable bonds is 3. The molecular formula is C12H21N3O3. The Morgan fingerprint density at radius 2 is 2.11 bits per heavy atom. The summed E-state index contributed by atoms with van der Waals surface area (Å²) >= 11 is 0. The summed E-state index contributed by atoms with van der Waals surface area (Å²) in [6.07, 6.45) is 6.20. The fourth-order valence-electron chi connectivity index (χ4n) is 2.23. The maximum atomic E-state index is 11.6. The van der Waals surface area contributed by atoms with Gasteiger partial charge >= 0.3 is 6.16 Å². The molecule has 6 heteroatoms. The van der Waals surface area contributed by atoms with Crippen LogP contribution < -0.4 is 0 Å². The summed E-state index contributed by atoms with van der Waals surface area (Å²) in [5.74, 6) is 0. The van der Waals surface area contributed by atoms with E-state index in [-0.39, 0.29) is 12.3 Å². The number of nitrogens with zero attached hydrogens (tertiary/aromatic N) is 3. The predicted octanol–water partition coefficient (Wildman–Crippen LogP) is 1.97. The Kier molecular flexibility index (Phi) is 4.28. The number of carbonyl (C=O) groups is 1. The first-order valence-electron chi connectivity index (χ1n) is 6.53. The highest BCUT2D eigenvalue weighted by Crippen LogP contribution is 2.21. The zero-order valence-corrected chi connectivity index (χ0v) is 11.0. The third-order valence-electron chi connectivity index (χ3n) is 3.31. The lowest BCUT2D eigenvalue weighted by atomic mass is 9.98. The molecule has 0 N–H and O–H groups in total. The lowest BCUT2D eigenvalue weighted by Gasteiger charge is -2.25. The molecule has 1 heterocycles. The Labute approximate surface area is 108 Å². The van der Waals surface area contributed by atoms with Crippen LogP contribution in [0.25, 0.3) is 0 Å². The normalized spacial score (nSPS) is 22.1. The van der Waals surface area contributed by atoms with Crippen molar-refractivity contribution in [3.05, 3.63) is 0 Å². The van der Waals surface area contributed by atoms with Crippen LogP contribution in [-0.4, -0.2) is 48.5 Å². The second kappa shape index (κ2) is 5.93. The lowest BCUT2D eigenvalue weighted by molar-refractivity contribution is -0.0394. The molecule has 0 aromatic rings. The van der Waals surface area contributed by atoms with E-state index in [4.69, 9.17) is 9.47 Å². The van der Waals surface area contributed by atoms with Gasteiger partial charge in [0.15, 0.2) is 6.23 Å². The SMILES string of the molecule is CC(OC(=O)OC1CCCCC1)N1C=NN(C)C1. The van der Waals surface area contributed by atoms with Gasteiger partial charge in [-0.2, -0.15) is 5.10 Å². The van der Waals surface area contributed by atoms with Gasteiger partial charge in [-0.25, -0.2) is 4.79 Å². The largest absolute Gasteiger partial charge is 0.510 e. The number of carbonyl (C=O) groups excluding carboxylic acids is 1. The van der Waals surface area contributed by atoms with E-state index in [2.05, 4.69) is 5.10 Å². The van der Waals surface area contributed by atoms with Crippen molar-refractivity contribution in [2.75, 3.05) is 13.7 Å². The Bertz CT molecular complexity index is 316. The molecule has 2 aliphatic rings. The summed E-state index contributed by atoms with van der Waals surface area (Å²) < 4.78 is 10.5. The van der Waals surface area contributed by atoms with Crippen LogP contribution in [0.5, 0.6) is 0 Å². The Morgan fingerprint density at radius 1 is 1.39 bits per heavy atom. The second-order valence-electron chi connectivity index (χ2n) is 4.89. The van der Waals surface area contributed by atoms with Crippen molar-refractivity contribution in [3.63, 3.8) is 0 Å². The summed E-state index contributed by atoms with van der Waals surface area (Å²) in [5, 5.41) is 5.83. The van der Waals surface area contributed by atoms with Gasteiger partial charge in [-0.05, 0) is 32.6 Å². The summed E-state index contributed by atoms with van der Waals surface area (Å²) in [6, 6.07) is 0. The van der Waals surface area contributed by atoms with Crippen molar-refractivity contribution >= 4 is 12.5 Å². The number of hydrogen-bond acceptors (Lipinski definition) is 6. The minimum atomic E-state index is -0.572. The van der Waals surface area contributed by atoms with Gasteiger partial charge in [0.1, 0.15) is 19.1 Å². The first kappa shape index (κ1) is 13.0. The van der Waals surface area contributed by atoms with E-state index in [1.165, 1.54) is 6.42 Å². The molecule has 102 valence electrons. The van der Waals surface area contributed by atoms with Crippen molar-refractivity contribution in [1.82, 2.24) is 9.91 Å². The van der Waals surface area contributed by atoms with E-state index in [1.54, 1.807) is 11.3 Å². The number of ether oxygens (including phenoxy) is 2. The first-order valence-corrected chi connectivity index (χ1v) is 6.53. The van der Waals surface area contributed by atoms with Gasteiger partial charge in [-0.1, -0.05) is 6.42 Å². The van der Waals surface area contributed by atoms with Gasteiger partial charge in [0.2, 0.25) is 0 Å². The third-order valence-corrected chi connectivity index (χ3v) is 3.31. The average molecular weight is 255 g/mol. The Balaban J connectivity index is 1.71. The lowest BCUT2D eigenvalue weighted by Crippen LogP contribution is -2.37. The highest BCUT2D eigenvalue weighted by molar-refractivity contribution is 5.61. The second-order valence-corrected chi connectivity index (χ2v) is 4.89. The molecule has 1 aliphatic heterocycles. The molecule has 0 amide bonds. The van der Waals surface area contributed by atoms with E-state index in [9.17, 15) is 4.79 Å². The van der Waals surface area contributed by atoms with Gasteiger partial charge in [-0.3, -0.25) is 5.01 Å². The number of hydrazone groups is 1. The van der Waals surface area contributed by atoms with E-state index in [0.717, 1.165) is 25.7 Å². The van der Waals surface area contributed by atoms with Gasteiger partial charge in [0.25, 0.3) is 0 Å². The molecule has 0 aromatic carbocycles. The quantitative estimate of drug-likeness (QED) is 0.722. The van der Waals surface area contributed by atoms with Crippen LogP contribution in [0.15, 0.2) is 5.10 Å². The van der Waals surface area contributed by atoms with Crippen molar-refractivity contribution in [2.45, 2.75) is 51.4 Å². The maximum absolute atomic E-state index is 11.6. The van der Waals surface area contributed by atoms with Crippen molar-refractivity contribution in [1.29, 1.82) is 0 Å². The van der Waals surface area contributed by atoms with E-state index < -0.39 is 6.16 Å². The smallest absolute Gasteiger partial charge is 0.431 e. The van der Waals surface area contributed by atoms with E-state index in [0.29, 0.717) is 6.67 Å². The summed E-state index contributed by atoms with van der Waals surface area (Å²) in [7, 11) is 1.86. The molecule has 1 atom stereocenters. The topological polar surface area (TPSA) is 54.4 Å². The summed E-state index contributed by atoms with van der Waals surface area (Å²) in [4.78, 5) is 13.5. The molecule has 0 spiro atoms. The van der Waals surface area contributed by atoms with Gasteiger partial charge in [0, 0.05) is 7.05 Å². The van der Waals surface area contributed by atoms with Gasteiger partial charge in [-0.15, -0.1) is 0 Å². The fourth-order valence-corrected chi connectivity index (χ4v) is 2.23. The van der Waals surface area contributed by atoms with Crippen LogP contribution in [0.2, 0.25) is 0 Å². The minimum Gasteiger partial charge on any atom is -0.431 e. The van der Waals surface area contributed by atoms with Crippen LogP contribution >= 0.6 is 0 Å². The van der Waals surface area contributed by atoms with Gasteiger partial charge < -0.3 is 14.4 Å². The maximum Gasteiger partial charge on any atom is 0.510 e. The zero-order chi connectivity index (χ0) is 13.0. The summed E-state index contributed by atoms with van der Waals surface area (Å²) in [6.45, 7) is 2.44. The van der Waals surface area contributed by atoms with Crippen molar-refractivity contribution in [2.24, 2.45) is 5.10 Å². The molecule has 0 radical (unpaired) electrons. The van der Waals surface area contributed by atoms with Crippen LogP contribution in [0.4, 0.5) is 4.79 Å². The highest BCUT2D eigenvalue weighted by atomic mass is 16.7. The molecule has 0 bridgehead atoms. The fraction of sp³-hybridized carbons (Fsp3) is 0.833. The molecule has 1 fully saturated rings. The minimum absolute atomic E-state index is 0.0355. The highest BCUT2D eigenvalue weighted by Gasteiger charge is 2.23. The molecule has 1 unspecified atom stereocenters. The molecule has 0 saturated heterocycles. The van der Waals surface area contributed by atoms with Crippen LogP contribution in [0, 0.1) is 0 Å². The first-order chi connectivity index (χ1) is 8.65. The summed E-state index contributed by atoms with van der Waals surface area (Å²) in [5.41, 5.74) is 0. The van der Waals surface area contributed by atoms with Gasteiger partial charge in [0.05, 0.1) is 0 Å². The molecule has 1 aliphatic carbocycles. The third kappa shape index (κ3) is 3.51. The molecule has 1 saturated carbocycles. The molecule has 18 heavy (non-hydrogen) atoms. The van der Waals surface area contributed by atoms with Crippen molar-refractivity contribution in [3.8, 4) is 0 Å². The molecule has 0 aromatic heterocycles. The number of hydrogen-bond donors (Lipinski definition) is 0. The average Bonchev–Trinajstić information content (AvgIpc) is 2.77. The molecular weight excluding hydrogens is 234 g/mol. The zero-order valence-electron chi connectivity index (χ0n) is 11.0. The standard InChI is InChI=1S/C12H21N3O3/c1-10(15-8-13-14(2)9-15)17-12(16)18-11-6-4-3-5-7-11/h8,10-11H,3-7,9H2,1-2H3. The van der Waals surface area contributed by atoms with E-state index >= 15 is 0 Å².